The molecule has 1 saturated heterocycles. The van der Waals surface area contributed by atoms with E-state index in [1.54, 1.807) is 21.1 Å². The number of morpholine rings is 1. The van der Waals surface area contributed by atoms with Crippen molar-refractivity contribution in [3.05, 3.63) is 45.2 Å². The van der Waals surface area contributed by atoms with Crippen LogP contribution in [0.4, 0.5) is 11.1 Å². The fourth-order valence-electron chi connectivity index (χ4n) is 3.69. The molecule has 1 fully saturated rings. The maximum Gasteiger partial charge on any atom is 0.255 e. The Hall–Kier alpha value is -3.44. The third kappa shape index (κ3) is 5.37. The van der Waals surface area contributed by atoms with Crippen molar-refractivity contribution < 1.29 is 19.0 Å². The second-order valence-corrected chi connectivity index (χ2v) is 8.57. The quantitative estimate of drug-likeness (QED) is 0.500. The number of benzene rings is 1. The first kappa shape index (κ1) is 23.7. The van der Waals surface area contributed by atoms with Gasteiger partial charge in [-0.3, -0.25) is 14.6 Å². The molecule has 1 amide bonds. The van der Waals surface area contributed by atoms with Crippen molar-refractivity contribution in [2.24, 2.45) is 0 Å². The Kier molecular flexibility index (Phi) is 7.43. The summed E-state index contributed by atoms with van der Waals surface area (Å²) in [5.41, 5.74) is 2.49. The van der Waals surface area contributed by atoms with Gasteiger partial charge in [-0.25, -0.2) is 9.97 Å². The number of thiazole rings is 1. The lowest BCUT2D eigenvalue weighted by Crippen LogP contribution is -2.38. The number of aromatic nitrogens is 3. The standard InChI is InChI=1S/C23H27N5O5S/c1-14-16(21(30)27-22(24-14)28-8-10-33-11-9-28)5-7-20(29)26-23-25-17(13-34-23)15-4-6-18(31-2)19(12-15)32-3/h4,6,12-13H,5,7-11H2,1-3H3,(H,24,27,30)(H,25,26,29). The number of H-pyrrole nitrogens is 1. The monoisotopic (exact) mass is 485 g/mol. The maximum atomic E-state index is 12.6. The highest BCUT2D eigenvalue weighted by molar-refractivity contribution is 7.14. The SMILES string of the molecule is COc1ccc(-c2csc(NC(=O)CCc3c(C)nc(N4CCOCC4)[nH]c3=O)n2)cc1OC. The zero-order valence-corrected chi connectivity index (χ0v) is 20.2. The van der Waals surface area contributed by atoms with E-state index in [9.17, 15) is 9.59 Å². The molecule has 0 radical (unpaired) electrons. The second-order valence-electron chi connectivity index (χ2n) is 7.71. The Morgan fingerprint density at radius 1 is 1.21 bits per heavy atom. The molecule has 0 aliphatic carbocycles. The largest absolute Gasteiger partial charge is 0.493 e. The zero-order valence-electron chi connectivity index (χ0n) is 19.3. The molecule has 11 heteroatoms. The van der Waals surface area contributed by atoms with Crippen LogP contribution in [0.15, 0.2) is 28.4 Å². The average molecular weight is 486 g/mol. The molecule has 2 N–H and O–H groups in total. The second kappa shape index (κ2) is 10.7. The Balaban J connectivity index is 1.38. The summed E-state index contributed by atoms with van der Waals surface area (Å²) >= 11 is 1.33. The summed E-state index contributed by atoms with van der Waals surface area (Å²) in [5, 5.41) is 5.16. The highest BCUT2D eigenvalue weighted by atomic mass is 32.1. The molecule has 0 spiro atoms. The van der Waals surface area contributed by atoms with Crippen molar-refractivity contribution in [1.82, 2.24) is 15.0 Å². The first-order chi connectivity index (χ1) is 16.5. The lowest BCUT2D eigenvalue weighted by Gasteiger charge is -2.27. The number of carbonyl (C=O) groups is 1. The molecule has 4 rings (SSSR count). The Bertz CT molecular complexity index is 1220. The molecule has 0 saturated carbocycles. The van der Waals surface area contributed by atoms with E-state index < -0.39 is 0 Å². The van der Waals surface area contributed by atoms with Gasteiger partial charge in [-0.2, -0.15) is 0 Å². The van der Waals surface area contributed by atoms with Gasteiger partial charge in [0, 0.05) is 41.7 Å². The molecule has 0 bridgehead atoms. The van der Waals surface area contributed by atoms with Crippen LogP contribution < -0.4 is 25.2 Å². The number of ether oxygens (including phenoxy) is 3. The number of hydrogen-bond donors (Lipinski definition) is 2. The van der Waals surface area contributed by atoms with Crippen LogP contribution in [0.25, 0.3) is 11.3 Å². The van der Waals surface area contributed by atoms with Crippen LogP contribution in [0.3, 0.4) is 0 Å². The van der Waals surface area contributed by atoms with Gasteiger partial charge in [-0.15, -0.1) is 11.3 Å². The Morgan fingerprint density at radius 3 is 2.68 bits per heavy atom. The van der Waals surface area contributed by atoms with E-state index in [4.69, 9.17) is 14.2 Å². The van der Waals surface area contributed by atoms with Crippen molar-refractivity contribution in [3.8, 4) is 22.8 Å². The number of aromatic amines is 1. The summed E-state index contributed by atoms with van der Waals surface area (Å²) in [6, 6.07) is 5.52. The molecular weight excluding hydrogens is 458 g/mol. The molecule has 1 aliphatic rings. The van der Waals surface area contributed by atoms with Crippen molar-refractivity contribution in [2.45, 2.75) is 19.8 Å². The van der Waals surface area contributed by atoms with Gasteiger partial charge in [-0.05, 0) is 31.5 Å². The van der Waals surface area contributed by atoms with E-state index in [0.29, 0.717) is 60.1 Å². The number of aryl methyl sites for hydroxylation is 1. The highest BCUT2D eigenvalue weighted by Crippen LogP contribution is 2.33. The van der Waals surface area contributed by atoms with E-state index >= 15 is 0 Å². The summed E-state index contributed by atoms with van der Waals surface area (Å²) in [4.78, 5) is 39.0. The van der Waals surface area contributed by atoms with Crippen LogP contribution in [0.1, 0.15) is 17.7 Å². The molecule has 2 aromatic heterocycles. The summed E-state index contributed by atoms with van der Waals surface area (Å²) < 4.78 is 16.0. The number of hydrogen-bond acceptors (Lipinski definition) is 9. The minimum absolute atomic E-state index is 0.147. The van der Waals surface area contributed by atoms with Crippen molar-refractivity contribution in [2.75, 3.05) is 50.7 Å². The lowest BCUT2D eigenvalue weighted by atomic mass is 10.1. The van der Waals surface area contributed by atoms with Crippen LogP contribution in [0.5, 0.6) is 11.5 Å². The molecule has 0 atom stereocenters. The molecule has 3 heterocycles. The predicted octanol–water partition coefficient (Wildman–Crippen LogP) is 2.63. The molecule has 0 unspecified atom stereocenters. The van der Waals surface area contributed by atoms with Crippen molar-refractivity contribution in [3.63, 3.8) is 0 Å². The van der Waals surface area contributed by atoms with Gasteiger partial charge in [0.05, 0.1) is 33.1 Å². The summed E-state index contributed by atoms with van der Waals surface area (Å²) in [5.74, 6) is 1.56. The lowest BCUT2D eigenvalue weighted by molar-refractivity contribution is -0.116. The van der Waals surface area contributed by atoms with Crippen molar-refractivity contribution >= 4 is 28.3 Å². The van der Waals surface area contributed by atoms with Gasteiger partial charge < -0.3 is 24.4 Å². The molecule has 1 aromatic carbocycles. The molecule has 34 heavy (non-hydrogen) atoms. The number of amides is 1. The van der Waals surface area contributed by atoms with Gasteiger partial charge in [-0.1, -0.05) is 0 Å². The van der Waals surface area contributed by atoms with Gasteiger partial charge >= 0.3 is 0 Å². The first-order valence-electron chi connectivity index (χ1n) is 10.9. The fourth-order valence-corrected chi connectivity index (χ4v) is 4.43. The molecular formula is C23H27N5O5S. The van der Waals surface area contributed by atoms with E-state index in [1.807, 2.05) is 28.5 Å². The number of nitrogens with zero attached hydrogens (tertiary/aromatic N) is 3. The summed E-state index contributed by atoms with van der Waals surface area (Å²) in [6.45, 7) is 4.37. The normalized spacial score (nSPS) is 13.6. The predicted molar refractivity (Wildman–Crippen MR) is 130 cm³/mol. The molecule has 3 aromatic rings. The van der Waals surface area contributed by atoms with Gasteiger partial charge in [0.2, 0.25) is 11.9 Å². The van der Waals surface area contributed by atoms with Crippen LogP contribution in [-0.2, 0) is 16.0 Å². The zero-order chi connectivity index (χ0) is 24.1. The smallest absolute Gasteiger partial charge is 0.255 e. The van der Waals surface area contributed by atoms with E-state index in [0.717, 1.165) is 11.3 Å². The number of nitrogens with one attached hydrogen (secondary N) is 2. The summed E-state index contributed by atoms with van der Waals surface area (Å²) in [7, 11) is 3.16. The fraction of sp³-hybridized carbons (Fsp3) is 0.391. The number of methoxy groups -OCH3 is 2. The minimum atomic E-state index is -0.218. The molecule has 180 valence electrons. The van der Waals surface area contributed by atoms with E-state index in [-0.39, 0.29) is 24.3 Å². The minimum Gasteiger partial charge on any atom is -0.493 e. The van der Waals surface area contributed by atoms with E-state index in [1.165, 1.54) is 11.3 Å². The maximum absolute atomic E-state index is 12.6. The van der Waals surface area contributed by atoms with Gasteiger partial charge in [0.15, 0.2) is 16.6 Å². The molecule has 10 nitrogen and oxygen atoms in total. The van der Waals surface area contributed by atoms with Crippen LogP contribution in [0.2, 0.25) is 0 Å². The first-order valence-corrected chi connectivity index (χ1v) is 11.8. The van der Waals surface area contributed by atoms with Crippen LogP contribution >= 0.6 is 11.3 Å². The number of carbonyl (C=O) groups excluding carboxylic acids is 1. The van der Waals surface area contributed by atoms with Crippen LogP contribution in [-0.4, -0.2) is 61.4 Å². The Morgan fingerprint density at radius 2 is 1.97 bits per heavy atom. The van der Waals surface area contributed by atoms with E-state index in [2.05, 4.69) is 20.3 Å². The van der Waals surface area contributed by atoms with Crippen LogP contribution in [0, 0.1) is 6.92 Å². The topological polar surface area (TPSA) is 119 Å². The third-order valence-electron chi connectivity index (χ3n) is 5.55. The average Bonchev–Trinajstić information content (AvgIpc) is 3.31. The number of anilines is 2. The highest BCUT2D eigenvalue weighted by Gasteiger charge is 2.17. The van der Waals surface area contributed by atoms with Crippen molar-refractivity contribution in [1.29, 1.82) is 0 Å². The molecule has 1 aliphatic heterocycles. The van der Waals surface area contributed by atoms with Gasteiger partial charge in [0.25, 0.3) is 5.56 Å². The number of rotatable bonds is 8. The third-order valence-corrected chi connectivity index (χ3v) is 6.31. The van der Waals surface area contributed by atoms with Gasteiger partial charge in [0.1, 0.15) is 0 Å². The Labute approximate surface area is 200 Å². The summed E-state index contributed by atoms with van der Waals surface area (Å²) in [6.07, 6.45) is 0.436.